The summed E-state index contributed by atoms with van der Waals surface area (Å²) in [5, 5.41) is 9.06. The summed E-state index contributed by atoms with van der Waals surface area (Å²) in [5.74, 6) is 0. The fourth-order valence-corrected chi connectivity index (χ4v) is 2.78. The average Bonchev–Trinajstić information content (AvgIpc) is 2.52. The van der Waals surface area contributed by atoms with Crippen molar-refractivity contribution in [1.82, 2.24) is 4.98 Å². The van der Waals surface area contributed by atoms with Gasteiger partial charge in [0.05, 0.1) is 17.1 Å². The predicted octanol–water partition coefficient (Wildman–Crippen LogP) is 1.87. The SMILES string of the molecule is CS(=O)(=O)c1ccc(N(CCCO)Cc2ccccn2)cc1. The lowest BCUT2D eigenvalue weighted by Crippen LogP contribution is -2.25. The fourth-order valence-electron chi connectivity index (χ4n) is 2.15. The van der Waals surface area contributed by atoms with Crippen molar-refractivity contribution in [3.63, 3.8) is 0 Å². The Morgan fingerprint density at radius 1 is 1.14 bits per heavy atom. The first kappa shape index (κ1) is 16.5. The number of aromatic nitrogens is 1. The van der Waals surface area contributed by atoms with Crippen LogP contribution in [0.25, 0.3) is 0 Å². The molecule has 2 aromatic rings. The van der Waals surface area contributed by atoms with Gasteiger partial charge in [-0.1, -0.05) is 6.07 Å². The molecule has 0 aliphatic carbocycles. The second kappa shape index (κ2) is 7.38. The third-order valence-corrected chi connectivity index (χ3v) is 4.42. The molecule has 0 aliphatic rings. The summed E-state index contributed by atoms with van der Waals surface area (Å²) >= 11 is 0. The van der Waals surface area contributed by atoms with Gasteiger partial charge in [-0.15, -0.1) is 0 Å². The Hall–Kier alpha value is -1.92. The highest BCUT2D eigenvalue weighted by atomic mass is 32.2. The first-order chi connectivity index (χ1) is 10.5. The molecule has 1 N–H and O–H groups in total. The van der Waals surface area contributed by atoms with Gasteiger partial charge >= 0.3 is 0 Å². The Morgan fingerprint density at radius 2 is 1.86 bits per heavy atom. The number of aliphatic hydroxyl groups is 1. The highest BCUT2D eigenvalue weighted by molar-refractivity contribution is 7.90. The van der Waals surface area contributed by atoms with E-state index in [4.69, 9.17) is 5.11 Å². The molecular formula is C16H20N2O3S. The lowest BCUT2D eigenvalue weighted by molar-refractivity contribution is 0.289. The minimum atomic E-state index is -3.19. The molecule has 0 amide bonds. The number of sulfone groups is 1. The highest BCUT2D eigenvalue weighted by Gasteiger charge is 2.11. The summed E-state index contributed by atoms with van der Waals surface area (Å²) in [7, 11) is -3.19. The lowest BCUT2D eigenvalue weighted by atomic mass is 10.2. The summed E-state index contributed by atoms with van der Waals surface area (Å²) in [6.07, 6.45) is 3.58. The number of nitrogens with zero attached hydrogens (tertiary/aromatic N) is 2. The molecule has 118 valence electrons. The molecule has 0 unspecified atom stereocenters. The van der Waals surface area contributed by atoms with Gasteiger partial charge in [-0.05, 0) is 42.8 Å². The number of anilines is 1. The molecule has 2 rings (SSSR count). The van der Waals surface area contributed by atoms with Crippen molar-refractivity contribution in [1.29, 1.82) is 0 Å². The van der Waals surface area contributed by atoms with Crippen LogP contribution in [0.2, 0.25) is 0 Å². The Kier molecular flexibility index (Phi) is 5.51. The number of benzene rings is 1. The van der Waals surface area contributed by atoms with Crippen LogP contribution < -0.4 is 4.90 Å². The zero-order valence-corrected chi connectivity index (χ0v) is 13.3. The van der Waals surface area contributed by atoms with Crippen LogP contribution in [0.1, 0.15) is 12.1 Å². The molecule has 1 aromatic carbocycles. The summed E-state index contributed by atoms with van der Waals surface area (Å²) < 4.78 is 23.0. The first-order valence-electron chi connectivity index (χ1n) is 7.06. The van der Waals surface area contributed by atoms with Crippen LogP contribution >= 0.6 is 0 Å². The van der Waals surface area contributed by atoms with Crippen molar-refractivity contribution in [2.75, 3.05) is 24.3 Å². The molecule has 0 atom stereocenters. The molecule has 5 nitrogen and oxygen atoms in total. The van der Waals surface area contributed by atoms with E-state index in [1.807, 2.05) is 18.2 Å². The molecule has 0 bridgehead atoms. The molecule has 0 aliphatic heterocycles. The molecule has 1 heterocycles. The number of hydrogen-bond donors (Lipinski definition) is 1. The van der Waals surface area contributed by atoms with E-state index in [0.717, 1.165) is 11.4 Å². The van der Waals surface area contributed by atoms with Crippen LogP contribution in [0.5, 0.6) is 0 Å². The molecule has 0 saturated heterocycles. The predicted molar refractivity (Wildman–Crippen MR) is 86.5 cm³/mol. The normalized spacial score (nSPS) is 11.4. The molecule has 0 saturated carbocycles. The van der Waals surface area contributed by atoms with Gasteiger partial charge in [0.2, 0.25) is 0 Å². The monoisotopic (exact) mass is 320 g/mol. The molecule has 0 fully saturated rings. The van der Waals surface area contributed by atoms with Crippen molar-refractivity contribution in [3.05, 3.63) is 54.4 Å². The highest BCUT2D eigenvalue weighted by Crippen LogP contribution is 2.20. The zero-order valence-electron chi connectivity index (χ0n) is 12.5. The van der Waals surface area contributed by atoms with Crippen molar-refractivity contribution in [2.45, 2.75) is 17.9 Å². The Bertz CT molecular complexity index is 685. The summed E-state index contributed by atoms with van der Waals surface area (Å²) in [4.78, 5) is 6.68. The molecule has 22 heavy (non-hydrogen) atoms. The zero-order chi connectivity index (χ0) is 16.0. The van der Waals surface area contributed by atoms with Crippen molar-refractivity contribution >= 4 is 15.5 Å². The Balaban J connectivity index is 2.21. The van der Waals surface area contributed by atoms with Gasteiger partial charge in [-0.2, -0.15) is 0 Å². The van der Waals surface area contributed by atoms with Gasteiger partial charge in [0.1, 0.15) is 0 Å². The van der Waals surface area contributed by atoms with Crippen LogP contribution in [0.4, 0.5) is 5.69 Å². The van der Waals surface area contributed by atoms with Crippen molar-refractivity contribution in [3.8, 4) is 0 Å². The Labute approximate surface area is 131 Å². The summed E-state index contributed by atoms with van der Waals surface area (Å²) in [6, 6.07) is 12.5. The smallest absolute Gasteiger partial charge is 0.175 e. The van der Waals surface area contributed by atoms with Gasteiger partial charge in [-0.25, -0.2) is 8.42 Å². The van der Waals surface area contributed by atoms with E-state index in [9.17, 15) is 8.42 Å². The Morgan fingerprint density at radius 3 is 2.41 bits per heavy atom. The van der Waals surface area contributed by atoms with Crippen LogP contribution in [-0.4, -0.2) is 37.9 Å². The van der Waals surface area contributed by atoms with Crippen LogP contribution in [0.3, 0.4) is 0 Å². The second-order valence-corrected chi connectivity index (χ2v) is 7.10. The molecular weight excluding hydrogens is 300 g/mol. The number of rotatable bonds is 7. The minimum Gasteiger partial charge on any atom is -0.396 e. The fraction of sp³-hybridized carbons (Fsp3) is 0.312. The second-order valence-electron chi connectivity index (χ2n) is 5.09. The average molecular weight is 320 g/mol. The van der Waals surface area contributed by atoms with Gasteiger partial charge in [0, 0.05) is 31.3 Å². The van der Waals surface area contributed by atoms with Crippen LogP contribution in [0.15, 0.2) is 53.6 Å². The molecule has 6 heteroatoms. The topological polar surface area (TPSA) is 70.5 Å². The maximum Gasteiger partial charge on any atom is 0.175 e. The summed E-state index contributed by atoms with van der Waals surface area (Å²) in [5.41, 5.74) is 1.83. The lowest BCUT2D eigenvalue weighted by Gasteiger charge is -2.24. The molecule has 1 aromatic heterocycles. The van der Waals surface area contributed by atoms with E-state index in [1.54, 1.807) is 30.5 Å². The molecule has 0 spiro atoms. The van der Waals surface area contributed by atoms with Crippen molar-refractivity contribution < 1.29 is 13.5 Å². The van der Waals surface area contributed by atoms with E-state index >= 15 is 0 Å². The molecule has 0 radical (unpaired) electrons. The third-order valence-electron chi connectivity index (χ3n) is 3.30. The number of hydrogen-bond acceptors (Lipinski definition) is 5. The van der Waals surface area contributed by atoms with E-state index in [-0.39, 0.29) is 6.61 Å². The number of aliphatic hydroxyl groups excluding tert-OH is 1. The maximum atomic E-state index is 11.5. The van der Waals surface area contributed by atoms with E-state index in [2.05, 4.69) is 9.88 Å². The quantitative estimate of drug-likeness (QED) is 0.843. The van der Waals surface area contributed by atoms with Crippen LogP contribution in [0, 0.1) is 0 Å². The largest absolute Gasteiger partial charge is 0.396 e. The van der Waals surface area contributed by atoms with Gasteiger partial charge in [0.25, 0.3) is 0 Å². The van der Waals surface area contributed by atoms with Gasteiger partial charge < -0.3 is 10.0 Å². The standard InChI is InChI=1S/C16H20N2O3S/c1-22(20,21)16-8-6-15(7-9-16)18(11-4-12-19)13-14-5-2-3-10-17-14/h2-3,5-10,19H,4,11-13H2,1H3. The van der Waals surface area contributed by atoms with E-state index in [1.165, 1.54) is 6.26 Å². The maximum absolute atomic E-state index is 11.5. The minimum absolute atomic E-state index is 0.111. The van der Waals surface area contributed by atoms with Gasteiger partial charge in [0.15, 0.2) is 9.84 Å². The number of pyridine rings is 1. The first-order valence-corrected chi connectivity index (χ1v) is 8.95. The van der Waals surface area contributed by atoms with Crippen molar-refractivity contribution in [2.24, 2.45) is 0 Å². The van der Waals surface area contributed by atoms with E-state index in [0.29, 0.717) is 24.4 Å². The van der Waals surface area contributed by atoms with Crippen LogP contribution in [-0.2, 0) is 16.4 Å². The van der Waals surface area contributed by atoms with Gasteiger partial charge in [-0.3, -0.25) is 4.98 Å². The van der Waals surface area contributed by atoms with E-state index < -0.39 is 9.84 Å². The summed E-state index contributed by atoms with van der Waals surface area (Å²) in [6.45, 7) is 1.39. The third kappa shape index (κ3) is 4.54.